The lowest BCUT2D eigenvalue weighted by atomic mass is 10.2. The Morgan fingerprint density at radius 2 is 2.00 bits per heavy atom. The SMILES string of the molecule is Cc1cc(Oc2cc(Br)ccc2C)c(CCl)cn1. The zero-order valence-corrected chi connectivity index (χ0v) is 12.5. The van der Waals surface area contributed by atoms with Gasteiger partial charge in [0.25, 0.3) is 0 Å². The molecule has 0 saturated heterocycles. The Hall–Kier alpha value is -1.06. The van der Waals surface area contributed by atoms with Crippen molar-refractivity contribution in [1.82, 2.24) is 4.98 Å². The lowest BCUT2D eigenvalue weighted by Gasteiger charge is -2.12. The van der Waals surface area contributed by atoms with Crippen molar-refractivity contribution in [2.24, 2.45) is 0 Å². The van der Waals surface area contributed by atoms with Gasteiger partial charge in [-0.05, 0) is 31.5 Å². The van der Waals surface area contributed by atoms with Crippen molar-refractivity contribution in [3.05, 3.63) is 51.8 Å². The predicted octanol–water partition coefficient (Wildman–Crippen LogP) is 4.99. The van der Waals surface area contributed by atoms with Crippen LogP contribution in [-0.2, 0) is 5.88 Å². The molecule has 0 aliphatic heterocycles. The lowest BCUT2D eigenvalue weighted by Crippen LogP contribution is -1.94. The Bertz CT molecular complexity index is 572. The Morgan fingerprint density at radius 3 is 2.72 bits per heavy atom. The summed E-state index contributed by atoms with van der Waals surface area (Å²) in [4.78, 5) is 4.22. The summed E-state index contributed by atoms with van der Waals surface area (Å²) >= 11 is 9.33. The highest BCUT2D eigenvalue weighted by Crippen LogP contribution is 2.31. The van der Waals surface area contributed by atoms with Gasteiger partial charge in [-0.15, -0.1) is 11.6 Å². The van der Waals surface area contributed by atoms with Crippen LogP contribution in [0.4, 0.5) is 0 Å². The zero-order valence-electron chi connectivity index (χ0n) is 10.2. The fourth-order valence-corrected chi connectivity index (χ4v) is 2.10. The van der Waals surface area contributed by atoms with E-state index < -0.39 is 0 Å². The third-order valence-electron chi connectivity index (χ3n) is 2.59. The number of benzene rings is 1. The normalized spacial score (nSPS) is 10.4. The summed E-state index contributed by atoms with van der Waals surface area (Å²) in [6, 6.07) is 7.84. The fourth-order valence-electron chi connectivity index (χ4n) is 1.56. The van der Waals surface area contributed by atoms with E-state index in [4.69, 9.17) is 16.3 Å². The molecule has 0 unspecified atom stereocenters. The number of aromatic nitrogens is 1. The average Bonchev–Trinajstić information content (AvgIpc) is 2.34. The maximum atomic E-state index is 5.94. The molecule has 0 radical (unpaired) electrons. The van der Waals surface area contributed by atoms with Crippen molar-refractivity contribution in [3.63, 3.8) is 0 Å². The summed E-state index contributed by atoms with van der Waals surface area (Å²) in [5.41, 5.74) is 2.88. The third-order valence-corrected chi connectivity index (χ3v) is 3.38. The smallest absolute Gasteiger partial charge is 0.135 e. The maximum absolute atomic E-state index is 5.94. The van der Waals surface area contributed by atoms with Crippen LogP contribution in [0.15, 0.2) is 34.9 Å². The van der Waals surface area contributed by atoms with E-state index in [1.165, 1.54) is 0 Å². The van der Waals surface area contributed by atoms with E-state index in [2.05, 4.69) is 20.9 Å². The van der Waals surface area contributed by atoms with Crippen molar-refractivity contribution < 1.29 is 4.74 Å². The van der Waals surface area contributed by atoms with Crippen LogP contribution in [0.3, 0.4) is 0 Å². The summed E-state index contributed by atoms with van der Waals surface area (Å²) in [7, 11) is 0. The van der Waals surface area contributed by atoms with Gasteiger partial charge in [-0.3, -0.25) is 4.98 Å². The van der Waals surface area contributed by atoms with E-state index in [0.29, 0.717) is 5.88 Å². The molecule has 94 valence electrons. The molecule has 1 heterocycles. The minimum atomic E-state index is 0.385. The molecular formula is C14H13BrClNO. The van der Waals surface area contributed by atoms with Crippen LogP contribution in [0.25, 0.3) is 0 Å². The van der Waals surface area contributed by atoms with Crippen molar-refractivity contribution >= 4 is 27.5 Å². The van der Waals surface area contributed by atoms with Crippen LogP contribution in [0.2, 0.25) is 0 Å². The molecule has 4 heteroatoms. The Kier molecular flexibility index (Phi) is 4.25. The summed E-state index contributed by atoms with van der Waals surface area (Å²) in [6.45, 7) is 3.94. The lowest BCUT2D eigenvalue weighted by molar-refractivity contribution is 0.473. The summed E-state index contributed by atoms with van der Waals surface area (Å²) in [6.07, 6.45) is 1.75. The van der Waals surface area contributed by atoms with Gasteiger partial charge in [0.05, 0.1) is 5.88 Å². The Balaban J connectivity index is 2.38. The molecule has 0 atom stereocenters. The highest BCUT2D eigenvalue weighted by atomic mass is 79.9. The van der Waals surface area contributed by atoms with E-state index in [1.807, 2.05) is 38.1 Å². The highest BCUT2D eigenvalue weighted by Gasteiger charge is 2.08. The van der Waals surface area contributed by atoms with Crippen molar-refractivity contribution in [3.8, 4) is 11.5 Å². The second-order valence-electron chi connectivity index (χ2n) is 4.08. The van der Waals surface area contributed by atoms with Gasteiger partial charge in [0, 0.05) is 28.0 Å². The number of hydrogen-bond acceptors (Lipinski definition) is 2. The van der Waals surface area contributed by atoms with Gasteiger partial charge in [-0.2, -0.15) is 0 Å². The fraction of sp³-hybridized carbons (Fsp3) is 0.214. The largest absolute Gasteiger partial charge is 0.457 e. The molecule has 2 nitrogen and oxygen atoms in total. The topological polar surface area (TPSA) is 22.1 Å². The van der Waals surface area contributed by atoms with Gasteiger partial charge in [0.1, 0.15) is 11.5 Å². The van der Waals surface area contributed by atoms with E-state index in [9.17, 15) is 0 Å². The van der Waals surface area contributed by atoms with Gasteiger partial charge in [0.2, 0.25) is 0 Å². The molecule has 2 rings (SSSR count). The van der Waals surface area contributed by atoms with Crippen LogP contribution in [-0.4, -0.2) is 4.98 Å². The molecule has 0 bridgehead atoms. The second-order valence-corrected chi connectivity index (χ2v) is 5.26. The van der Waals surface area contributed by atoms with Crippen LogP contribution >= 0.6 is 27.5 Å². The number of pyridine rings is 1. The molecule has 18 heavy (non-hydrogen) atoms. The number of halogens is 2. The van der Waals surface area contributed by atoms with Crippen molar-refractivity contribution in [2.45, 2.75) is 19.7 Å². The van der Waals surface area contributed by atoms with Crippen molar-refractivity contribution in [1.29, 1.82) is 0 Å². The Labute approximate surface area is 120 Å². The zero-order chi connectivity index (χ0) is 13.1. The molecule has 2 aromatic rings. The monoisotopic (exact) mass is 325 g/mol. The minimum absolute atomic E-state index is 0.385. The molecule has 0 amide bonds. The molecule has 0 saturated carbocycles. The second kappa shape index (κ2) is 5.72. The van der Waals surface area contributed by atoms with Crippen LogP contribution in [0, 0.1) is 13.8 Å². The molecule has 0 N–H and O–H groups in total. The first kappa shape index (κ1) is 13.4. The number of ether oxygens (including phenoxy) is 1. The van der Waals surface area contributed by atoms with Crippen LogP contribution < -0.4 is 4.74 Å². The number of hydrogen-bond donors (Lipinski definition) is 0. The number of aryl methyl sites for hydroxylation is 2. The van der Waals surface area contributed by atoms with Gasteiger partial charge >= 0.3 is 0 Å². The first-order valence-corrected chi connectivity index (χ1v) is 6.88. The molecule has 0 fully saturated rings. The minimum Gasteiger partial charge on any atom is -0.457 e. The van der Waals surface area contributed by atoms with E-state index in [0.717, 1.165) is 32.8 Å². The number of rotatable bonds is 3. The van der Waals surface area contributed by atoms with Gasteiger partial charge in [-0.1, -0.05) is 22.0 Å². The molecule has 0 aliphatic rings. The summed E-state index contributed by atoms with van der Waals surface area (Å²) in [5.74, 6) is 1.97. The molecule has 1 aromatic heterocycles. The van der Waals surface area contributed by atoms with E-state index in [-0.39, 0.29) is 0 Å². The number of nitrogens with zero attached hydrogens (tertiary/aromatic N) is 1. The number of alkyl halides is 1. The first-order chi connectivity index (χ1) is 8.60. The van der Waals surface area contributed by atoms with Crippen LogP contribution in [0.1, 0.15) is 16.8 Å². The van der Waals surface area contributed by atoms with Gasteiger partial charge < -0.3 is 4.74 Å². The summed E-state index contributed by atoms with van der Waals surface area (Å²) in [5, 5.41) is 0. The third kappa shape index (κ3) is 3.03. The highest BCUT2D eigenvalue weighted by molar-refractivity contribution is 9.10. The molecule has 0 spiro atoms. The van der Waals surface area contributed by atoms with Gasteiger partial charge in [-0.25, -0.2) is 0 Å². The maximum Gasteiger partial charge on any atom is 0.135 e. The Morgan fingerprint density at radius 1 is 1.22 bits per heavy atom. The van der Waals surface area contributed by atoms with E-state index >= 15 is 0 Å². The van der Waals surface area contributed by atoms with Crippen molar-refractivity contribution in [2.75, 3.05) is 0 Å². The van der Waals surface area contributed by atoms with E-state index in [1.54, 1.807) is 6.20 Å². The standard InChI is InChI=1S/C14H13BrClNO/c1-9-3-4-12(15)6-13(9)18-14-5-10(2)17-8-11(14)7-16/h3-6,8H,7H2,1-2H3. The van der Waals surface area contributed by atoms with Gasteiger partial charge in [0.15, 0.2) is 0 Å². The van der Waals surface area contributed by atoms with Crippen LogP contribution in [0.5, 0.6) is 11.5 Å². The summed E-state index contributed by atoms with van der Waals surface area (Å²) < 4.78 is 6.93. The molecular weight excluding hydrogens is 314 g/mol. The predicted molar refractivity (Wildman–Crippen MR) is 77.5 cm³/mol. The molecule has 1 aromatic carbocycles. The first-order valence-electron chi connectivity index (χ1n) is 5.55. The molecule has 0 aliphatic carbocycles. The quantitative estimate of drug-likeness (QED) is 0.741. The average molecular weight is 327 g/mol.